The number of rotatable bonds is 6. The number of thiophene rings is 1. The molecule has 0 radical (unpaired) electrons. The van der Waals surface area contributed by atoms with E-state index < -0.39 is 0 Å². The molecule has 1 N–H and O–H groups in total. The maximum absolute atomic E-state index is 12.6. The van der Waals surface area contributed by atoms with Crippen LogP contribution in [0, 0.1) is 5.92 Å². The van der Waals surface area contributed by atoms with Crippen LogP contribution < -0.4 is 5.32 Å². The molecular weight excluding hydrogens is 424 g/mol. The number of aromatic nitrogens is 2. The van der Waals surface area contributed by atoms with Crippen molar-refractivity contribution in [3.63, 3.8) is 0 Å². The molecule has 0 bridgehead atoms. The molecule has 1 aliphatic heterocycles. The number of thioether (sulfide) groups is 1. The van der Waals surface area contributed by atoms with Gasteiger partial charge in [-0.15, -0.1) is 21.5 Å². The van der Waals surface area contributed by atoms with Crippen LogP contribution in [-0.2, 0) is 10.5 Å². The quantitative estimate of drug-likeness (QED) is 0.451. The highest BCUT2D eigenvalue weighted by atomic mass is 32.2. The third-order valence-electron chi connectivity index (χ3n) is 4.73. The van der Waals surface area contributed by atoms with E-state index in [9.17, 15) is 9.59 Å². The zero-order chi connectivity index (χ0) is 20.1. The summed E-state index contributed by atoms with van der Waals surface area (Å²) in [5.74, 6) is 0.735. The maximum Gasteiger partial charge on any atom is 0.263 e. The predicted octanol–water partition coefficient (Wildman–Crippen LogP) is 4.38. The lowest BCUT2D eigenvalue weighted by Gasteiger charge is -2.30. The Kier molecular flexibility index (Phi) is 6.58. The molecule has 150 valence electrons. The van der Waals surface area contributed by atoms with Gasteiger partial charge < -0.3 is 10.2 Å². The highest BCUT2D eigenvalue weighted by Gasteiger charge is 2.28. The average Bonchev–Trinajstić information content (AvgIpc) is 3.45. The molecule has 1 aromatic carbocycles. The van der Waals surface area contributed by atoms with Gasteiger partial charge in [-0.05, 0) is 29.9 Å². The lowest BCUT2D eigenvalue weighted by atomic mass is 9.96. The zero-order valence-electron chi connectivity index (χ0n) is 15.6. The van der Waals surface area contributed by atoms with Crippen LogP contribution >= 0.6 is 34.4 Å². The monoisotopic (exact) mass is 444 g/mol. The van der Waals surface area contributed by atoms with Crippen LogP contribution in [0.4, 0.5) is 5.13 Å². The second-order valence-corrected chi connectivity index (χ2v) is 9.83. The lowest BCUT2D eigenvalue weighted by Crippen LogP contribution is -2.41. The number of hydrogen-bond donors (Lipinski definition) is 1. The predicted molar refractivity (Wildman–Crippen MR) is 117 cm³/mol. The second-order valence-electron chi connectivity index (χ2n) is 6.68. The van der Waals surface area contributed by atoms with Gasteiger partial charge in [0.1, 0.15) is 0 Å². The van der Waals surface area contributed by atoms with E-state index in [-0.39, 0.29) is 17.7 Å². The van der Waals surface area contributed by atoms with E-state index in [0.717, 1.165) is 15.0 Å². The Morgan fingerprint density at radius 1 is 1.10 bits per heavy atom. The van der Waals surface area contributed by atoms with Gasteiger partial charge in [-0.1, -0.05) is 59.5 Å². The van der Waals surface area contributed by atoms with Crippen molar-refractivity contribution >= 4 is 51.4 Å². The third-order valence-corrected chi connectivity index (χ3v) is 7.63. The molecule has 1 saturated heterocycles. The number of benzene rings is 1. The molecule has 0 saturated carbocycles. The summed E-state index contributed by atoms with van der Waals surface area (Å²) in [5, 5.41) is 13.6. The van der Waals surface area contributed by atoms with Crippen LogP contribution in [0.5, 0.6) is 0 Å². The Bertz CT molecular complexity index is 951. The molecule has 0 aliphatic carbocycles. The van der Waals surface area contributed by atoms with Crippen molar-refractivity contribution in [3.8, 4) is 0 Å². The van der Waals surface area contributed by atoms with Crippen LogP contribution in [0.15, 0.2) is 52.2 Å². The van der Waals surface area contributed by atoms with Crippen LogP contribution in [0.25, 0.3) is 0 Å². The number of carbonyl (C=O) groups excluding carboxylic acids is 2. The van der Waals surface area contributed by atoms with Crippen molar-refractivity contribution in [2.75, 3.05) is 18.4 Å². The lowest BCUT2D eigenvalue weighted by molar-refractivity contribution is -0.121. The standard InChI is InChI=1S/C20H20N4O2S3/c25-17(15-8-10-24(11-9-15)18(26)16-7-4-12-27-16)21-19-22-23-20(29-19)28-13-14-5-2-1-3-6-14/h1-7,12,15H,8-11,13H2,(H,21,22,25). The van der Waals surface area contributed by atoms with Crippen molar-refractivity contribution in [1.82, 2.24) is 15.1 Å². The summed E-state index contributed by atoms with van der Waals surface area (Å²) in [5.41, 5.74) is 1.22. The van der Waals surface area contributed by atoms with Crippen LogP contribution in [-0.4, -0.2) is 40.0 Å². The number of anilines is 1. The summed E-state index contributed by atoms with van der Waals surface area (Å²) in [4.78, 5) is 27.6. The fraction of sp³-hybridized carbons (Fsp3) is 0.300. The molecule has 0 atom stereocenters. The van der Waals surface area contributed by atoms with E-state index >= 15 is 0 Å². The fourth-order valence-electron chi connectivity index (χ4n) is 3.15. The van der Waals surface area contributed by atoms with E-state index in [1.165, 1.54) is 28.2 Å². The van der Waals surface area contributed by atoms with E-state index in [1.54, 1.807) is 11.8 Å². The Morgan fingerprint density at radius 3 is 2.62 bits per heavy atom. The summed E-state index contributed by atoms with van der Waals surface area (Å²) in [6.45, 7) is 1.20. The second kappa shape index (κ2) is 9.51. The molecule has 2 aromatic heterocycles. The van der Waals surface area contributed by atoms with Gasteiger partial charge in [0.05, 0.1) is 4.88 Å². The van der Waals surface area contributed by atoms with Gasteiger partial charge in [0.15, 0.2) is 4.34 Å². The van der Waals surface area contributed by atoms with Gasteiger partial charge in [0.2, 0.25) is 11.0 Å². The van der Waals surface area contributed by atoms with Crippen LogP contribution in [0.3, 0.4) is 0 Å². The Balaban J connectivity index is 1.25. The average molecular weight is 445 g/mol. The van der Waals surface area contributed by atoms with E-state index in [2.05, 4.69) is 27.6 Å². The zero-order valence-corrected chi connectivity index (χ0v) is 18.1. The molecule has 0 spiro atoms. The Morgan fingerprint density at radius 2 is 1.90 bits per heavy atom. The maximum atomic E-state index is 12.6. The molecular formula is C20H20N4O2S3. The number of likely N-dealkylation sites (tertiary alicyclic amines) is 1. The first-order valence-electron chi connectivity index (χ1n) is 9.33. The third kappa shape index (κ3) is 5.23. The van der Waals surface area contributed by atoms with Crippen molar-refractivity contribution < 1.29 is 9.59 Å². The largest absolute Gasteiger partial charge is 0.338 e. The van der Waals surface area contributed by atoms with Gasteiger partial charge in [0.25, 0.3) is 5.91 Å². The number of amides is 2. The molecule has 3 heterocycles. The van der Waals surface area contributed by atoms with E-state index in [4.69, 9.17) is 0 Å². The summed E-state index contributed by atoms with van der Waals surface area (Å²) >= 11 is 4.46. The summed E-state index contributed by atoms with van der Waals surface area (Å²) in [7, 11) is 0. The number of hydrogen-bond acceptors (Lipinski definition) is 7. The molecule has 1 aliphatic rings. The van der Waals surface area contributed by atoms with E-state index in [1.807, 2.05) is 40.6 Å². The Labute approximate surface area is 181 Å². The topological polar surface area (TPSA) is 75.2 Å². The number of piperidine rings is 1. The minimum Gasteiger partial charge on any atom is -0.338 e. The van der Waals surface area contributed by atoms with Gasteiger partial charge in [-0.25, -0.2) is 0 Å². The minimum absolute atomic E-state index is 0.0380. The molecule has 0 unspecified atom stereocenters. The Hall–Kier alpha value is -2.23. The van der Waals surface area contributed by atoms with Crippen molar-refractivity contribution in [2.24, 2.45) is 5.92 Å². The first-order valence-corrected chi connectivity index (χ1v) is 12.0. The normalized spacial score (nSPS) is 14.7. The van der Waals surface area contributed by atoms with Crippen molar-refractivity contribution in [1.29, 1.82) is 0 Å². The molecule has 2 amide bonds. The summed E-state index contributed by atoms with van der Waals surface area (Å²) in [6.07, 6.45) is 1.33. The summed E-state index contributed by atoms with van der Waals surface area (Å²) in [6, 6.07) is 13.9. The van der Waals surface area contributed by atoms with Gasteiger partial charge in [-0.2, -0.15) is 0 Å². The van der Waals surface area contributed by atoms with Gasteiger partial charge in [0, 0.05) is 24.8 Å². The molecule has 9 heteroatoms. The molecule has 6 nitrogen and oxygen atoms in total. The van der Waals surface area contributed by atoms with Gasteiger partial charge >= 0.3 is 0 Å². The molecule has 4 rings (SSSR count). The highest BCUT2D eigenvalue weighted by Crippen LogP contribution is 2.29. The van der Waals surface area contributed by atoms with Crippen molar-refractivity contribution in [3.05, 3.63) is 58.3 Å². The van der Waals surface area contributed by atoms with E-state index in [0.29, 0.717) is 31.1 Å². The SMILES string of the molecule is O=C(Nc1nnc(SCc2ccccc2)s1)C1CCN(C(=O)c2cccs2)CC1. The highest BCUT2D eigenvalue weighted by molar-refractivity contribution is 8.00. The van der Waals surface area contributed by atoms with Gasteiger partial charge in [-0.3, -0.25) is 9.59 Å². The van der Waals surface area contributed by atoms with Crippen LogP contribution in [0.1, 0.15) is 28.1 Å². The molecule has 3 aromatic rings. The van der Waals surface area contributed by atoms with Crippen molar-refractivity contribution in [2.45, 2.75) is 22.9 Å². The number of nitrogens with one attached hydrogen (secondary N) is 1. The molecule has 29 heavy (non-hydrogen) atoms. The first-order chi connectivity index (χ1) is 14.2. The minimum atomic E-state index is -0.105. The molecule has 1 fully saturated rings. The number of nitrogens with zero attached hydrogens (tertiary/aromatic N) is 3. The summed E-state index contributed by atoms with van der Waals surface area (Å²) < 4.78 is 0.834. The smallest absolute Gasteiger partial charge is 0.263 e. The first kappa shape index (κ1) is 20.1. The fourth-order valence-corrected chi connectivity index (χ4v) is 5.55. The van der Waals surface area contributed by atoms with Crippen LogP contribution in [0.2, 0.25) is 0 Å². The number of carbonyl (C=O) groups is 2.